The number of aryl methyl sites for hydroxylation is 1. The van der Waals surface area contributed by atoms with Gasteiger partial charge in [0, 0.05) is 17.7 Å². The minimum Gasteiger partial charge on any atom is -0.359 e. The SMILES string of the molecule is COC1(C#N)CCc2cc(Cl)ccc21. The van der Waals surface area contributed by atoms with E-state index >= 15 is 0 Å². The first-order valence-electron chi connectivity index (χ1n) is 4.47. The predicted molar refractivity (Wildman–Crippen MR) is 54.1 cm³/mol. The Hall–Kier alpha value is -1.04. The third kappa shape index (κ3) is 1.21. The monoisotopic (exact) mass is 207 g/mol. The number of rotatable bonds is 1. The Bertz CT molecular complexity index is 410. The van der Waals surface area contributed by atoms with E-state index in [4.69, 9.17) is 21.6 Å². The van der Waals surface area contributed by atoms with Crippen LogP contribution in [0.3, 0.4) is 0 Å². The van der Waals surface area contributed by atoms with Crippen molar-refractivity contribution in [1.82, 2.24) is 0 Å². The molecule has 1 aliphatic rings. The molecule has 0 fully saturated rings. The number of nitriles is 1. The van der Waals surface area contributed by atoms with Crippen LogP contribution < -0.4 is 0 Å². The van der Waals surface area contributed by atoms with Crippen molar-refractivity contribution in [2.45, 2.75) is 18.4 Å². The van der Waals surface area contributed by atoms with Gasteiger partial charge < -0.3 is 4.74 Å². The molecule has 1 aromatic carbocycles. The van der Waals surface area contributed by atoms with Gasteiger partial charge in [-0.25, -0.2) is 0 Å². The van der Waals surface area contributed by atoms with Crippen LogP contribution in [0, 0.1) is 11.3 Å². The van der Waals surface area contributed by atoms with Crippen LogP contribution in [-0.2, 0) is 16.8 Å². The van der Waals surface area contributed by atoms with Crippen LogP contribution in [0.4, 0.5) is 0 Å². The molecule has 2 rings (SSSR count). The Morgan fingerprint density at radius 3 is 3.00 bits per heavy atom. The fourth-order valence-corrected chi connectivity index (χ4v) is 2.18. The molecule has 0 radical (unpaired) electrons. The molecule has 0 aliphatic heterocycles. The second-order valence-electron chi connectivity index (χ2n) is 3.44. The number of hydrogen-bond donors (Lipinski definition) is 0. The molecule has 0 spiro atoms. The Kier molecular flexibility index (Phi) is 2.22. The summed E-state index contributed by atoms with van der Waals surface area (Å²) in [6.45, 7) is 0. The predicted octanol–water partition coefficient (Wildman–Crippen LogP) is 2.65. The van der Waals surface area contributed by atoms with Gasteiger partial charge >= 0.3 is 0 Å². The molecule has 0 amide bonds. The summed E-state index contributed by atoms with van der Waals surface area (Å²) in [5.41, 5.74) is 1.34. The second-order valence-corrected chi connectivity index (χ2v) is 3.88. The normalized spacial score (nSPS) is 24.4. The van der Waals surface area contributed by atoms with Gasteiger partial charge in [0.2, 0.25) is 0 Å². The molecule has 3 heteroatoms. The van der Waals surface area contributed by atoms with Crippen LogP contribution >= 0.6 is 11.6 Å². The first-order chi connectivity index (χ1) is 6.72. The summed E-state index contributed by atoms with van der Waals surface area (Å²) in [4.78, 5) is 0. The van der Waals surface area contributed by atoms with E-state index in [1.165, 1.54) is 0 Å². The Labute approximate surface area is 88.1 Å². The van der Waals surface area contributed by atoms with E-state index in [0.717, 1.165) is 24.0 Å². The molecular formula is C11H10ClNO. The van der Waals surface area contributed by atoms with Crippen molar-refractivity contribution in [1.29, 1.82) is 5.26 Å². The molecule has 2 nitrogen and oxygen atoms in total. The molecule has 0 saturated carbocycles. The first-order valence-corrected chi connectivity index (χ1v) is 4.85. The molecular weight excluding hydrogens is 198 g/mol. The molecule has 1 aliphatic carbocycles. The zero-order chi connectivity index (χ0) is 10.2. The summed E-state index contributed by atoms with van der Waals surface area (Å²) in [6.07, 6.45) is 1.58. The molecule has 0 saturated heterocycles. The highest BCUT2D eigenvalue weighted by atomic mass is 35.5. The maximum absolute atomic E-state index is 9.12. The highest BCUT2D eigenvalue weighted by molar-refractivity contribution is 6.30. The molecule has 1 atom stereocenters. The Morgan fingerprint density at radius 2 is 2.36 bits per heavy atom. The van der Waals surface area contributed by atoms with E-state index in [0.29, 0.717) is 5.02 Å². The fourth-order valence-electron chi connectivity index (χ4n) is 1.98. The van der Waals surface area contributed by atoms with Gasteiger partial charge in [-0.05, 0) is 30.5 Å². The topological polar surface area (TPSA) is 33.0 Å². The Balaban J connectivity index is 2.55. The quantitative estimate of drug-likeness (QED) is 0.709. The number of ether oxygens (including phenoxy) is 1. The van der Waals surface area contributed by atoms with Crippen molar-refractivity contribution in [3.8, 4) is 6.07 Å². The van der Waals surface area contributed by atoms with E-state index in [2.05, 4.69) is 6.07 Å². The number of halogens is 1. The lowest BCUT2D eigenvalue weighted by Crippen LogP contribution is -2.22. The highest BCUT2D eigenvalue weighted by Gasteiger charge is 2.39. The minimum absolute atomic E-state index is 0.716. The molecule has 0 aromatic heterocycles. The van der Waals surface area contributed by atoms with Crippen molar-refractivity contribution in [3.63, 3.8) is 0 Å². The van der Waals surface area contributed by atoms with Crippen LogP contribution in [0.15, 0.2) is 18.2 Å². The average molecular weight is 208 g/mol. The summed E-state index contributed by atoms with van der Waals surface area (Å²) < 4.78 is 5.31. The van der Waals surface area contributed by atoms with Gasteiger partial charge in [-0.15, -0.1) is 0 Å². The lowest BCUT2D eigenvalue weighted by molar-refractivity contribution is 0.0379. The van der Waals surface area contributed by atoms with Gasteiger partial charge in [-0.1, -0.05) is 17.7 Å². The summed E-state index contributed by atoms with van der Waals surface area (Å²) in [6, 6.07) is 7.84. The lowest BCUT2D eigenvalue weighted by atomic mass is 9.98. The zero-order valence-corrected chi connectivity index (χ0v) is 8.64. The third-order valence-electron chi connectivity index (χ3n) is 2.78. The summed E-state index contributed by atoms with van der Waals surface area (Å²) in [7, 11) is 1.58. The van der Waals surface area contributed by atoms with Crippen molar-refractivity contribution >= 4 is 11.6 Å². The van der Waals surface area contributed by atoms with Crippen LogP contribution in [0.2, 0.25) is 5.02 Å². The standard InChI is InChI=1S/C11H10ClNO/c1-14-11(7-13)5-4-8-6-9(12)2-3-10(8)11/h2-3,6H,4-5H2,1H3. The number of hydrogen-bond acceptors (Lipinski definition) is 2. The molecule has 0 N–H and O–H groups in total. The van der Waals surface area contributed by atoms with Crippen molar-refractivity contribution in [3.05, 3.63) is 34.3 Å². The van der Waals surface area contributed by atoms with E-state index in [1.807, 2.05) is 12.1 Å². The van der Waals surface area contributed by atoms with Crippen molar-refractivity contribution in [2.75, 3.05) is 7.11 Å². The van der Waals surface area contributed by atoms with Crippen LogP contribution in [0.1, 0.15) is 17.5 Å². The number of nitrogens with zero attached hydrogens (tertiary/aromatic N) is 1. The largest absolute Gasteiger partial charge is 0.359 e. The number of methoxy groups -OCH3 is 1. The van der Waals surface area contributed by atoms with E-state index in [-0.39, 0.29) is 0 Å². The van der Waals surface area contributed by atoms with E-state index in [9.17, 15) is 0 Å². The third-order valence-corrected chi connectivity index (χ3v) is 3.01. The fraction of sp³-hybridized carbons (Fsp3) is 0.364. The minimum atomic E-state index is -0.750. The van der Waals surface area contributed by atoms with Gasteiger partial charge in [0.05, 0.1) is 0 Å². The molecule has 14 heavy (non-hydrogen) atoms. The van der Waals surface area contributed by atoms with Crippen molar-refractivity contribution < 1.29 is 4.74 Å². The number of benzene rings is 1. The van der Waals surface area contributed by atoms with Crippen LogP contribution in [-0.4, -0.2) is 7.11 Å². The maximum Gasteiger partial charge on any atom is 0.179 e. The summed E-state index contributed by atoms with van der Waals surface area (Å²) in [5, 5.41) is 9.84. The second kappa shape index (κ2) is 3.27. The first kappa shape index (κ1) is 9.51. The number of fused-ring (bicyclic) bond motifs is 1. The zero-order valence-electron chi connectivity index (χ0n) is 7.88. The van der Waals surface area contributed by atoms with Gasteiger partial charge in [-0.3, -0.25) is 0 Å². The van der Waals surface area contributed by atoms with Gasteiger partial charge in [0.25, 0.3) is 0 Å². The smallest absolute Gasteiger partial charge is 0.179 e. The van der Waals surface area contributed by atoms with Gasteiger partial charge in [0.15, 0.2) is 5.60 Å². The molecule has 0 heterocycles. The highest BCUT2D eigenvalue weighted by Crippen LogP contribution is 2.39. The summed E-state index contributed by atoms with van der Waals surface area (Å²) in [5.74, 6) is 0. The van der Waals surface area contributed by atoms with Gasteiger partial charge in [-0.2, -0.15) is 5.26 Å². The van der Waals surface area contributed by atoms with Crippen LogP contribution in [0.25, 0.3) is 0 Å². The van der Waals surface area contributed by atoms with Crippen molar-refractivity contribution in [2.24, 2.45) is 0 Å². The molecule has 0 bridgehead atoms. The van der Waals surface area contributed by atoms with E-state index < -0.39 is 5.60 Å². The molecule has 1 unspecified atom stereocenters. The van der Waals surface area contributed by atoms with E-state index in [1.54, 1.807) is 13.2 Å². The van der Waals surface area contributed by atoms with Crippen LogP contribution in [0.5, 0.6) is 0 Å². The lowest BCUT2D eigenvalue weighted by Gasteiger charge is -2.19. The summed E-state index contributed by atoms with van der Waals surface area (Å²) >= 11 is 5.88. The maximum atomic E-state index is 9.12. The van der Waals surface area contributed by atoms with Gasteiger partial charge in [0.1, 0.15) is 6.07 Å². The average Bonchev–Trinajstić information content (AvgIpc) is 2.56. The molecule has 72 valence electrons. The Morgan fingerprint density at radius 1 is 1.57 bits per heavy atom. The molecule has 1 aromatic rings.